The van der Waals surface area contributed by atoms with Gasteiger partial charge < -0.3 is 20.9 Å². The number of nitrogens with zero attached hydrogens (tertiary/aromatic N) is 1. The van der Waals surface area contributed by atoms with E-state index >= 15 is 0 Å². The van der Waals surface area contributed by atoms with Crippen LogP contribution in [-0.4, -0.2) is 11.0 Å². The third-order valence-corrected chi connectivity index (χ3v) is 5.22. The number of rotatable bonds is 0. The zero-order valence-electron chi connectivity index (χ0n) is 14.0. The molecule has 3 aromatic carbocycles. The fourth-order valence-corrected chi connectivity index (χ4v) is 4.09. The highest BCUT2D eigenvalue weighted by molar-refractivity contribution is 6.13. The summed E-state index contributed by atoms with van der Waals surface area (Å²) >= 11 is 0. The summed E-state index contributed by atoms with van der Waals surface area (Å²) in [7, 11) is 0. The molecule has 1 atom stereocenters. The number of nitrogens with two attached hydrogens (primary N) is 1. The van der Waals surface area contributed by atoms with Gasteiger partial charge in [0.05, 0.1) is 0 Å². The molecule has 6 nitrogen and oxygen atoms in total. The smallest absolute Gasteiger partial charge is 0.245 e. The number of phenols is 1. The molecule has 130 valence electrons. The molecule has 0 saturated carbocycles. The van der Waals surface area contributed by atoms with Crippen LogP contribution in [0.2, 0.25) is 0 Å². The Labute approximate surface area is 154 Å². The van der Waals surface area contributed by atoms with Crippen molar-refractivity contribution in [3.63, 3.8) is 0 Å². The monoisotopic (exact) mass is 355 g/mol. The Morgan fingerprint density at radius 1 is 1.11 bits per heavy atom. The van der Waals surface area contributed by atoms with Gasteiger partial charge in [-0.25, -0.2) is 0 Å². The number of benzene rings is 3. The Morgan fingerprint density at radius 3 is 2.74 bits per heavy atom. The number of para-hydroxylation sites is 1. The number of amides is 1. The minimum absolute atomic E-state index is 0.0654. The van der Waals surface area contributed by atoms with Gasteiger partial charge in [0.25, 0.3) is 0 Å². The third-order valence-electron chi connectivity index (χ3n) is 5.22. The van der Waals surface area contributed by atoms with Gasteiger partial charge in [-0.1, -0.05) is 30.3 Å². The lowest BCUT2D eigenvalue weighted by molar-refractivity contribution is -0.118. The van der Waals surface area contributed by atoms with Crippen LogP contribution in [0.15, 0.2) is 66.1 Å². The van der Waals surface area contributed by atoms with Gasteiger partial charge in [0, 0.05) is 22.2 Å². The van der Waals surface area contributed by atoms with Crippen molar-refractivity contribution in [1.29, 1.82) is 5.26 Å². The molecule has 1 unspecified atom stereocenters. The van der Waals surface area contributed by atoms with Crippen molar-refractivity contribution in [1.82, 2.24) is 0 Å². The van der Waals surface area contributed by atoms with Crippen LogP contribution in [0.3, 0.4) is 0 Å². The minimum atomic E-state index is -1.37. The lowest BCUT2D eigenvalue weighted by Crippen LogP contribution is -2.42. The standard InChI is InChI=1S/C21H13N3O3/c22-10-16-19(23)27-18-13-7-6-12(25)9-11(13)5-8-15(18)21(16)14-3-1-2-4-17(14)24-20(21)26/h1-9,25H,23H2,(H,24,26). The molecule has 1 spiro atoms. The Balaban J connectivity index is 1.95. The molecule has 0 radical (unpaired) electrons. The van der Waals surface area contributed by atoms with Gasteiger partial charge in [-0.05, 0) is 29.7 Å². The van der Waals surface area contributed by atoms with Crippen molar-refractivity contribution in [2.24, 2.45) is 5.73 Å². The molecule has 4 N–H and O–H groups in total. The summed E-state index contributed by atoms with van der Waals surface area (Å²) in [6, 6.07) is 17.7. The van der Waals surface area contributed by atoms with Crippen LogP contribution >= 0.6 is 0 Å². The zero-order chi connectivity index (χ0) is 18.8. The summed E-state index contributed by atoms with van der Waals surface area (Å²) < 4.78 is 5.81. The molecule has 27 heavy (non-hydrogen) atoms. The average Bonchev–Trinajstić information content (AvgIpc) is 2.94. The van der Waals surface area contributed by atoms with Gasteiger partial charge in [0.2, 0.25) is 11.8 Å². The fourth-order valence-electron chi connectivity index (χ4n) is 4.09. The molecule has 0 aliphatic carbocycles. The number of phenolic OH excluding ortho intramolecular Hbond substituents is 1. The molecule has 0 fully saturated rings. The number of fused-ring (bicyclic) bond motifs is 6. The van der Waals surface area contributed by atoms with Crippen LogP contribution in [0, 0.1) is 11.3 Å². The van der Waals surface area contributed by atoms with Gasteiger partial charge in [0.1, 0.15) is 28.6 Å². The van der Waals surface area contributed by atoms with Gasteiger partial charge >= 0.3 is 0 Å². The number of hydrogen-bond acceptors (Lipinski definition) is 5. The largest absolute Gasteiger partial charge is 0.508 e. The number of carbonyl (C=O) groups is 1. The number of carbonyl (C=O) groups excluding carboxylic acids is 1. The maximum Gasteiger partial charge on any atom is 0.245 e. The molecule has 6 heteroatoms. The second-order valence-corrected chi connectivity index (χ2v) is 6.55. The highest BCUT2D eigenvalue weighted by atomic mass is 16.5. The van der Waals surface area contributed by atoms with E-state index in [9.17, 15) is 15.2 Å². The molecular weight excluding hydrogens is 342 g/mol. The number of aromatic hydroxyl groups is 1. The first-order valence-corrected chi connectivity index (χ1v) is 8.32. The minimum Gasteiger partial charge on any atom is -0.508 e. The lowest BCUT2D eigenvalue weighted by atomic mass is 9.68. The summed E-state index contributed by atoms with van der Waals surface area (Å²) in [5.41, 5.74) is 6.66. The predicted molar refractivity (Wildman–Crippen MR) is 98.9 cm³/mol. The van der Waals surface area contributed by atoms with E-state index in [4.69, 9.17) is 10.5 Å². The summed E-state index contributed by atoms with van der Waals surface area (Å²) in [6.45, 7) is 0. The lowest BCUT2D eigenvalue weighted by Gasteiger charge is -2.34. The maximum atomic E-state index is 13.2. The van der Waals surface area contributed by atoms with E-state index in [1.54, 1.807) is 36.4 Å². The maximum absolute atomic E-state index is 13.2. The quantitative estimate of drug-likeness (QED) is 0.575. The molecular formula is C21H13N3O3. The van der Waals surface area contributed by atoms with E-state index in [2.05, 4.69) is 11.4 Å². The van der Waals surface area contributed by atoms with E-state index < -0.39 is 5.41 Å². The number of hydrogen-bond donors (Lipinski definition) is 3. The topological polar surface area (TPSA) is 108 Å². The highest BCUT2D eigenvalue weighted by Gasteiger charge is 2.56. The Morgan fingerprint density at radius 2 is 1.93 bits per heavy atom. The van der Waals surface area contributed by atoms with Crippen molar-refractivity contribution < 1.29 is 14.6 Å². The molecule has 0 saturated heterocycles. The second-order valence-electron chi connectivity index (χ2n) is 6.55. The van der Waals surface area contributed by atoms with Crippen molar-refractivity contribution in [2.75, 3.05) is 5.32 Å². The summed E-state index contributed by atoms with van der Waals surface area (Å²) in [6.07, 6.45) is 0. The number of ether oxygens (including phenoxy) is 1. The third kappa shape index (κ3) is 1.75. The van der Waals surface area contributed by atoms with Gasteiger partial charge in [0.15, 0.2) is 0 Å². The fraction of sp³-hybridized carbons (Fsp3) is 0.0476. The number of anilines is 1. The first-order valence-electron chi connectivity index (χ1n) is 8.32. The molecule has 3 aromatic rings. The highest BCUT2D eigenvalue weighted by Crippen LogP contribution is 2.54. The van der Waals surface area contributed by atoms with E-state index in [0.29, 0.717) is 28.0 Å². The normalized spacial score (nSPS) is 20.0. The summed E-state index contributed by atoms with van der Waals surface area (Å²) in [5.74, 6) is 0.0947. The predicted octanol–water partition coefficient (Wildman–Crippen LogP) is 2.87. The molecule has 0 bridgehead atoms. The zero-order valence-corrected chi connectivity index (χ0v) is 14.0. The number of nitriles is 1. The Bertz CT molecular complexity index is 1240. The van der Waals surface area contributed by atoms with Crippen LogP contribution in [-0.2, 0) is 10.2 Å². The SMILES string of the molecule is N#CC1=C(N)Oc2c(ccc3cc(O)ccc23)C12C(=O)Nc1ccccc12. The van der Waals surface area contributed by atoms with Crippen molar-refractivity contribution >= 4 is 22.4 Å². The van der Waals surface area contributed by atoms with Crippen LogP contribution in [0.4, 0.5) is 5.69 Å². The summed E-state index contributed by atoms with van der Waals surface area (Å²) in [4.78, 5) is 13.2. The van der Waals surface area contributed by atoms with E-state index in [1.807, 2.05) is 18.2 Å². The Hall–Kier alpha value is -3.98. The van der Waals surface area contributed by atoms with Crippen LogP contribution in [0.25, 0.3) is 10.8 Å². The van der Waals surface area contributed by atoms with E-state index in [-0.39, 0.29) is 23.1 Å². The van der Waals surface area contributed by atoms with Crippen molar-refractivity contribution in [3.05, 3.63) is 77.2 Å². The number of nitrogens with one attached hydrogen (secondary N) is 1. The molecule has 1 amide bonds. The van der Waals surface area contributed by atoms with E-state index in [1.165, 1.54) is 0 Å². The van der Waals surface area contributed by atoms with Crippen LogP contribution in [0.5, 0.6) is 11.5 Å². The molecule has 5 rings (SSSR count). The first-order chi connectivity index (χ1) is 13.1. The molecule has 0 aromatic heterocycles. The van der Waals surface area contributed by atoms with E-state index in [0.717, 1.165) is 5.39 Å². The molecule has 2 aliphatic rings. The van der Waals surface area contributed by atoms with Gasteiger partial charge in [-0.3, -0.25) is 4.79 Å². The second kappa shape index (κ2) is 5.02. The average molecular weight is 355 g/mol. The van der Waals surface area contributed by atoms with Crippen molar-refractivity contribution in [2.45, 2.75) is 5.41 Å². The first kappa shape index (κ1) is 15.3. The molecule has 2 heterocycles. The van der Waals surface area contributed by atoms with Crippen LogP contribution < -0.4 is 15.8 Å². The summed E-state index contributed by atoms with van der Waals surface area (Å²) in [5, 5.41) is 23.9. The van der Waals surface area contributed by atoms with Crippen LogP contribution in [0.1, 0.15) is 11.1 Å². The Kier molecular flexibility index (Phi) is 2.84. The van der Waals surface area contributed by atoms with Gasteiger partial charge in [-0.15, -0.1) is 0 Å². The molecule has 2 aliphatic heterocycles. The van der Waals surface area contributed by atoms with Gasteiger partial charge in [-0.2, -0.15) is 5.26 Å². The van der Waals surface area contributed by atoms with Crippen molar-refractivity contribution in [3.8, 4) is 17.6 Å².